The zero-order chi connectivity index (χ0) is 14.9. The van der Waals surface area contributed by atoms with Crippen LogP contribution in [0.5, 0.6) is 0 Å². The summed E-state index contributed by atoms with van der Waals surface area (Å²) < 4.78 is 50.2. The van der Waals surface area contributed by atoms with Crippen molar-refractivity contribution in [3.05, 3.63) is 10.9 Å². The van der Waals surface area contributed by atoms with Crippen LogP contribution in [0.15, 0.2) is 6.07 Å². The average molecular weight is 308 g/mol. The number of aromatic nitrogens is 2. The second-order valence-electron chi connectivity index (χ2n) is 4.14. The molecule has 20 heavy (non-hydrogen) atoms. The average Bonchev–Trinajstić information content (AvgIpc) is 2.75. The number of hydrogen-bond donors (Lipinski definition) is 2. The molecule has 2 heterocycles. The van der Waals surface area contributed by atoms with Gasteiger partial charge in [-0.05, 0) is 13.0 Å². The smallest absolute Gasteiger partial charge is 0.324 e. The Morgan fingerprint density at radius 1 is 1.35 bits per heavy atom. The second-order valence-corrected chi connectivity index (χ2v) is 5.37. The molecule has 0 saturated carbocycles. The van der Waals surface area contributed by atoms with Crippen molar-refractivity contribution in [2.75, 3.05) is 24.2 Å². The predicted octanol–water partition coefficient (Wildman–Crippen LogP) is 3.35. The number of hydrogen-bond acceptors (Lipinski definition) is 5. The molecule has 0 bridgehead atoms. The van der Waals surface area contributed by atoms with Crippen LogP contribution in [0.1, 0.15) is 4.88 Å². The van der Waals surface area contributed by atoms with Gasteiger partial charge in [-0.25, -0.2) is 13.8 Å². The number of aryl methyl sites for hydroxylation is 1. The predicted molar refractivity (Wildman–Crippen MR) is 71.1 cm³/mol. The zero-order valence-electron chi connectivity index (χ0n) is 10.7. The molecular weight excluding hydrogens is 296 g/mol. The topological polar surface area (TPSA) is 49.8 Å². The maximum atomic E-state index is 13.0. The third kappa shape index (κ3) is 2.92. The molecular formula is C11H12F4N4S. The highest BCUT2D eigenvalue weighted by molar-refractivity contribution is 7.18. The number of nitrogens with zero attached hydrogens (tertiary/aromatic N) is 2. The molecule has 0 spiro atoms. The van der Waals surface area contributed by atoms with Gasteiger partial charge in [-0.3, -0.25) is 0 Å². The van der Waals surface area contributed by atoms with E-state index in [4.69, 9.17) is 0 Å². The molecule has 2 rings (SSSR count). The van der Waals surface area contributed by atoms with Gasteiger partial charge in [0.1, 0.15) is 10.6 Å². The highest BCUT2D eigenvalue weighted by Gasteiger charge is 2.40. The molecule has 110 valence electrons. The molecule has 0 radical (unpaired) electrons. The molecule has 4 nitrogen and oxygen atoms in total. The summed E-state index contributed by atoms with van der Waals surface area (Å²) >= 11 is 1.37. The first-order valence-corrected chi connectivity index (χ1v) is 6.51. The van der Waals surface area contributed by atoms with E-state index in [1.165, 1.54) is 11.3 Å². The minimum absolute atomic E-state index is 0.115. The Hall–Kier alpha value is -1.64. The first-order valence-electron chi connectivity index (χ1n) is 5.69. The number of alkyl halides is 4. The maximum absolute atomic E-state index is 13.0. The molecule has 0 aliphatic rings. The normalized spacial score (nSPS) is 12.2. The van der Waals surface area contributed by atoms with E-state index in [9.17, 15) is 17.6 Å². The van der Waals surface area contributed by atoms with E-state index in [1.807, 2.05) is 6.92 Å². The number of fused-ring (bicyclic) bond motifs is 1. The first kappa shape index (κ1) is 14.8. The molecule has 0 saturated heterocycles. The largest absolute Gasteiger partial charge is 0.363 e. The Morgan fingerprint density at radius 3 is 2.65 bits per heavy atom. The monoisotopic (exact) mass is 308 g/mol. The fraction of sp³-hybridized carbons (Fsp3) is 0.455. The standard InChI is InChI=1S/C11H12F4N4S/c1-5-3-6-7(17-4-11(14,15)9(12)13)18-10(16-2)19-8(6)20-5/h3,9H,4H2,1-2H3,(H2,16,17,18,19). The van der Waals surface area contributed by atoms with Crippen LogP contribution in [-0.4, -0.2) is 35.9 Å². The molecule has 0 aromatic carbocycles. The van der Waals surface area contributed by atoms with Gasteiger partial charge in [-0.15, -0.1) is 11.3 Å². The van der Waals surface area contributed by atoms with E-state index >= 15 is 0 Å². The number of thiophene rings is 1. The summed E-state index contributed by atoms with van der Waals surface area (Å²) in [6.45, 7) is 0.651. The van der Waals surface area contributed by atoms with Crippen LogP contribution in [0.4, 0.5) is 29.3 Å². The summed E-state index contributed by atoms with van der Waals surface area (Å²) in [7, 11) is 1.58. The number of nitrogens with one attached hydrogen (secondary N) is 2. The molecule has 0 aliphatic heterocycles. The van der Waals surface area contributed by atoms with Crippen LogP contribution in [0.3, 0.4) is 0 Å². The van der Waals surface area contributed by atoms with E-state index in [2.05, 4.69) is 20.6 Å². The molecule has 0 unspecified atom stereocenters. The van der Waals surface area contributed by atoms with Gasteiger partial charge in [0.15, 0.2) is 0 Å². The summed E-state index contributed by atoms with van der Waals surface area (Å²) in [6.07, 6.45) is -3.72. The lowest BCUT2D eigenvalue weighted by atomic mass is 10.3. The van der Waals surface area contributed by atoms with Gasteiger partial charge in [0.25, 0.3) is 0 Å². The van der Waals surface area contributed by atoms with Crippen molar-refractivity contribution < 1.29 is 17.6 Å². The molecule has 9 heteroatoms. The number of halogens is 4. The van der Waals surface area contributed by atoms with Gasteiger partial charge < -0.3 is 10.6 Å². The Labute approximate surface area is 116 Å². The van der Waals surface area contributed by atoms with Gasteiger partial charge in [-0.1, -0.05) is 0 Å². The fourth-order valence-electron chi connectivity index (χ4n) is 1.57. The van der Waals surface area contributed by atoms with E-state index in [1.54, 1.807) is 13.1 Å². The summed E-state index contributed by atoms with van der Waals surface area (Å²) in [6, 6.07) is 1.72. The summed E-state index contributed by atoms with van der Waals surface area (Å²) in [5.41, 5.74) is 0. The van der Waals surface area contributed by atoms with E-state index in [0.717, 1.165) is 4.88 Å². The Balaban J connectivity index is 2.33. The van der Waals surface area contributed by atoms with E-state index in [0.29, 0.717) is 10.2 Å². The molecule has 0 aliphatic carbocycles. The SMILES string of the molecule is CNc1nc(NCC(F)(F)C(F)F)c2cc(C)sc2n1. The molecule has 2 aromatic heterocycles. The van der Waals surface area contributed by atoms with Crippen molar-refractivity contribution in [2.24, 2.45) is 0 Å². The van der Waals surface area contributed by atoms with Crippen molar-refractivity contribution >= 4 is 33.3 Å². The van der Waals surface area contributed by atoms with Gasteiger partial charge in [-0.2, -0.15) is 13.8 Å². The van der Waals surface area contributed by atoms with Gasteiger partial charge in [0.05, 0.1) is 11.9 Å². The van der Waals surface area contributed by atoms with Crippen LogP contribution in [0.2, 0.25) is 0 Å². The number of rotatable bonds is 5. The van der Waals surface area contributed by atoms with Crippen LogP contribution in [0.25, 0.3) is 10.2 Å². The van der Waals surface area contributed by atoms with Crippen molar-refractivity contribution in [1.82, 2.24) is 9.97 Å². The quantitative estimate of drug-likeness (QED) is 0.832. The highest BCUT2D eigenvalue weighted by Crippen LogP contribution is 2.30. The summed E-state index contributed by atoms with van der Waals surface area (Å²) in [5, 5.41) is 5.52. The van der Waals surface area contributed by atoms with Crippen molar-refractivity contribution in [1.29, 1.82) is 0 Å². The van der Waals surface area contributed by atoms with E-state index < -0.39 is 18.9 Å². The molecule has 0 amide bonds. The van der Waals surface area contributed by atoms with Crippen molar-refractivity contribution in [3.8, 4) is 0 Å². The highest BCUT2D eigenvalue weighted by atomic mass is 32.1. The Morgan fingerprint density at radius 2 is 2.05 bits per heavy atom. The minimum atomic E-state index is -4.11. The minimum Gasteiger partial charge on any atom is -0.363 e. The van der Waals surface area contributed by atoms with Gasteiger partial charge >= 0.3 is 12.3 Å². The maximum Gasteiger partial charge on any atom is 0.324 e. The zero-order valence-corrected chi connectivity index (χ0v) is 11.5. The molecule has 2 N–H and O–H groups in total. The Bertz CT molecular complexity index is 614. The lowest BCUT2D eigenvalue weighted by molar-refractivity contribution is -0.117. The molecule has 0 fully saturated rings. The van der Waals surface area contributed by atoms with Crippen LogP contribution < -0.4 is 10.6 Å². The summed E-state index contributed by atoms with van der Waals surface area (Å²) in [5.74, 6) is -3.76. The van der Waals surface area contributed by atoms with Crippen LogP contribution in [0, 0.1) is 6.92 Å². The first-order chi connectivity index (χ1) is 9.33. The van der Waals surface area contributed by atoms with Crippen molar-refractivity contribution in [3.63, 3.8) is 0 Å². The van der Waals surface area contributed by atoms with Gasteiger partial charge in [0.2, 0.25) is 5.95 Å². The Kier molecular flexibility index (Phi) is 3.98. The third-order valence-corrected chi connectivity index (χ3v) is 3.49. The third-order valence-electron chi connectivity index (χ3n) is 2.55. The van der Waals surface area contributed by atoms with Gasteiger partial charge in [0, 0.05) is 11.9 Å². The number of anilines is 2. The van der Waals surface area contributed by atoms with Crippen LogP contribution >= 0.6 is 11.3 Å². The van der Waals surface area contributed by atoms with Crippen LogP contribution in [-0.2, 0) is 0 Å². The lowest BCUT2D eigenvalue weighted by Gasteiger charge is -2.16. The summed E-state index contributed by atoms with van der Waals surface area (Å²) in [4.78, 5) is 9.69. The second kappa shape index (κ2) is 5.39. The molecule has 2 aromatic rings. The molecule has 0 atom stereocenters. The fourth-order valence-corrected chi connectivity index (χ4v) is 2.45. The van der Waals surface area contributed by atoms with E-state index in [-0.39, 0.29) is 11.8 Å². The van der Waals surface area contributed by atoms with Crippen molar-refractivity contribution in [2.45, 2.75) is 19.3 Å². The lowest BCUT2D eigenvalue weighted by Crippen LogP contribution is -2.35.